The van der Waals surface area contributed by atoms with Crippen LogP contribution in [0.25, 0.3) is 0 Å². The summed E-state index contributed by atoms with van der Waals surface area (Å²) in [5, 5.41) is 10.6. The van der Waals surface area contributed by atoms with Crippen molar-refractivity contribution in [3.05, 3.63) is 0 Å². The maximum atomic E-state index is 13.1. The minimum Gasteiger partial charge on any atom is -0.462 e. The molecule has 0 aliphatic carbocycles. The van der Waals surface area contributed by atoms with E-state index in [-0.39, 0.29) is 25.7 Å². The summed E-state index contributed by atoms with van der Waals surface area (Å²) in [4.78, 5) is 72.5. The number of hydrogen-bond donors (Lipinski definition) is 3. The van der Waals surface area contributed by atoms with Gasteiger partial charge in [0.15, 0.2) is 12.2 Å². The molecule has 0 fully saturated rings. The number of carbonyl (C=O) groups is 4. The van der Waals surface area contributed by atoms with E-state index in [1.54, 1.807) is 0 Å². The molecule has 2 unspecified atom stereocenters. The fraction of sp³-hybridized carbons (Fsp3) is 0.947. The lowest BCUT2D eigenvalue weighted by molar-refractivity contribution is -0.161. The second-order valence-electron chi connectivity index (χ2n) is 28.5. The van der Waals surface area contributed by atoms with Crippen LogP contribution in [-0.2, 0) is 65.4 Å². The molecule has 17 nitrogen and oxygen atoms in total. The van der Waals surface area contributed by atoms with E-state index >= 15 is 0 Å². The molecule has 0 rings (SSSR count). The molecule has 0 aromatic carbocycles. The molecule has 3 N–H and O–H groups in total. The molecule has 0 amide bonds. The Morgan fingerprint density at radius 3 is 0.723 bits per heavy atom. The van der Waals surface area contributed by atoms with Gasteiger partial charge in [-0.05, 0) is 43.4 Å². The van der Waals surface area contributed by atoms with Gasteiger partial charge in [-0.15, -0.1) is 0 Å². The van der Waals surface area contributed by atoms with Crippen molar-refractivity contribution in [2.45, 2.75) is 401 Å². The van der Waals surface area contributed by atoms with Crippen LogP contribution in [0.2, 0.25) is 0 Å². The van der Waals surface area contributed by atoms with Gasteiger partial charge in [-0.3, -0.25) is 37.3 Å². The van der Waals surface area contributed by atoms with Crippen LogP contribution in [0.3, 0.4) is 0 Å². The molecule has 0 saturated carbocycles. The summed E-state index contributed by atoms with van der Waals surface area (Å²) in [6.45, 7) is 11.8. The van der Waals surface area contributed by atoms with Crippen LogP contribution in [0.15, 0.2) is 0 Å². The molecule has 0 heterocycles. The minimum absolute atomic E-state index is 0.105. The van der Waals surface area contributed by atoms with Crippen molar-refractivity contribution in [2.24, 2.45) is 17.8 Å². The molecular formula is C75H146O17P2. The third-order valence-corrected chi connectivity index (χ3v) is 19.3. The van der Waals surface area contributed by atoms with Crippen LogP contribution in [0.5, 0.6) is 0 Å². The van der Waals surface area contributed by atoms with Crippen LogP contribution in [0, 0.1) is 17.8 Å². The van der Waals surface area contributed by atoms with E-state index in [4.69, 9.17) is 37.0 Å². The van der Waals surface area contributed by atoms with E-state index in [0.717, 1.165) is 114 Å². The number of phosphoric acid groups is 2. The quantitative estimate of drug-likeness (QED) is 0.0222. The number of unbranched alkanes of at least 4 members (excludes halogenated alkanes) is 41. The van der Waals surface area contributed by atoms with E-state index in [1.807, 2.05) is 0 Å². The predicted molar refractivity (Wildman–Crippen MR) is 381 cm³/mol. The summed E-state index contributed by atoms with van der Waals surface area (Å²) >= 11 is 0. The molecule has 0 aliphatic heterocycles. The van der Waals surface area contributed by atoms with Crippen molar-refractivity contribution < 1.29 is 80.2 Å². The van der Waals surface area contributed by atoms with Gasteiger partial charge in [0, 0.05) is 25.7 Å². The number of ether oxygens (including phenoxy) is 4. The third kappa shape index (κ3) is 68.6. The van der Waals surface area contributed by atoms with Crippen molar-refractivity contribution >= 4 is 39.5 Å². The number of phosphoric ester groups is 2. The van der Waals surface area contributed by atoms with Crippen molar-refractivity contribution in [1.82, 2.24) is 0 Å². The molecule has 0 saturated heterocycles. The number of aliphatic hydroxyl groups excluding tert-OH is 1. The van der Waals surface area contributed by atoms with Gasteiger partial charge in [0.2, 0.25) is 0 Å². The highest BCUT2D eigenvalue weighted by molar-refractivity contribution is 7.47. The van der Waals surface area contributed by atoms with Gasteiger partial charge >= 0.3 is 39.5 Å². The van der Waals surface area contributed by atoms with E-state index in [2.05, 4.69) is 48.5 Å². The van der Waals surface area contributed by atoms with Crippen molar-refractivity contribution in [1.29, 1.82) is 0 Å². The summed E-state index contributed by atoms with van der Waals surface area (Å²) < 4.78 is 68.2. The highest BCUT2D eigenvalue weighted by Crippen LogP contribution is 2.45. The van der Waals surface area contributed by atoms with Crippen LogP contribution in [0.4, 0.5) is 0 Å². The molecule has 0 aromatic heterocycles. The number of esters is 4. The molecule has 0 bridgehead atoms. The molecule has 558 valence electrons. The van der Waals surface area contributed by atoms with Crippen LogP contribution in [0.1, 0.15) is 382 Å². The van der Waals surface area contributed by atoms with Crippen LogP contribution >= 0.6 is 15.6 Å². The molecule has 94 heavy (non-hydrogen) atoms. The lowest BCUT2D eigenvalue weighted by Crippen LogP contribution is -2.30. The van der Waals surface area contributed by atoms with Gasteiger partial charge in [-0.25, -0.2) is 9.13 Å². The first kappa shape index (κ1) is 92.1. The fourth-order valence-corrected chi connectivity index (χ4v) is 13.0. The monoisotopic (exact) mass is 1380 g/mol. The Bertz CT molecular complexity index is 1840. The zero-order valence-electron chi connectivity index (χ0n) is 61.4. The zero-order chi connectivity index (χ0) is 69.4. The van der Waals surface area contributed by atoms with Crippen LogP contribution in [-0.4, -0.2) is 96.7 Å². The van der Waals surface area contributed by atoms with Gasteiger partial charge in [0.1, 0.15) is 19.3 Å². The summed E-state index contributed by atoms with van der Waals surface area (Å²) in [6, 6.07) is 0. The topological polar surface area (TPSA) is 237 Å². The van der Waals surface area contributed by atoms with Crippen LogP contribution < -0.4 is 0 Å². The Morgan fingerprint density at radius 2 is 0.489 bits per heavy atom. The average Bonchev–Trinajstić information content (AvgIpc) is 1.34. The number of rotatable bonds is 73. The SMILES string of the molecule is CCCCCCCC(=O)OC[C@H](COP(=O)(O)OC[C@H](O)COP(=O)(O)OC[C@@H](COC(=O)CCCCCCCCCCCCCCC(C)C)OC(=O)CCCCCCCCCCCCCCCCCCCCC(C)C)OC(=O)CCCCCCCCCCCCC(C)C. The third-order valence-electron chi connectivity index (χ3n) is 17.4. The number of carbonyl (C=O) groups excluding carboxylic acids is 4. The number of hydrogen-bond acceptors (Lipinski definition) is 15. The Labute approximate surface area is 575 Å². The predicted octanol–water partition coefficient (Wildman–Crippen LogP) is 21.8. The average molecular weight is 1380 g/mol. The largest absolute Gasteiger partial charge is 0.472 e. The van der Waals surface area contributed by atoms with Gasteiger partial charge in [0.05, 0.1) is 26.4 Å². The minimum atomic E-state index is -4.95. The Morgan fingerprint density at radius 1 is 0.287 bits per heavy atom. The van der Waals surface area contributed by atoms with E-state index in [0.29, 0.717) is 25.7 Å². The molecule has 0 spiro atoms. The normalized spacial score (nSPS) is 14.1. The smallest absolute Gasteiger partial charge is 0.462 e. The highest BCUT2D eigenvalue weighted by atomic mass is 31.2. The molecule has 5 atom stereocenters. The number of aliphatic hydroxyl groups is 1. The fourth-order valence-electron chi connectivity index (χ4n) is 11.4. The summed E-state index contributed by atoms with van der Waals surface area (Å²) in [5.74, 6) is 0.224. The molecule has 0 aromatic rings. The summed E-state index contributed by atoms with van der Waals surface area (Å²) in [6.07, 6.45) is 51.8. The van der Waals surface area contributed by atoms with Crippen molar-refractivity contribution in [3.63, 3.8) is 0 Å². The summed E-state index contributed by atoms with van der Waals surface area (Å²) in [5.41, 5.74) is 0. The lowest BCUT2D eigenvalue weighted by atomic mass is 10.0. The lowest BCUT2D eigenvalue weighted by Gasteiger charge is -2.21. The van der Waals surface area contributed by atoms with E-state index in [1.165, 1.54) is 186 Å². The van der Waals surface area contributed by atoms with Crippen molar-refractivity contribution in [2.75, 3.05) is 39.6 Å². The molecular weight excluding hydrogens is 1230 g/mol. The first-order valence-corrected chi connectivity index (χ1v) is 41.8. The standard InChI is InChI=1S/C75H146O17P2/c1-8-9-10-39-49-56-72(77)85-62-70(91-74(79)59-52-45-38-32-26-25-29-35-42-48-55-68(6)7)64-89-93(81,82)87-60-69(76)61-88-94(83,84)90-65-71(63-86-73(78)57-50-43-36-30-23-20-19-22-28-34-41-47-54-67(4)5)92-75(80)58-51-44-37-31-24-18-16-14-12-11-13-15-17-21-27-33-40-46-53-66(2)3/h66-71,76H,8-65H2,1-7H3,(H,81,82)(H,83,84)/t69-,70+,71+/m0/s1. The highest BCUT2D eigenvalue weighted by Gasteiger charge is 2.30. The molecule has 0 radical (unpaired) electrons. The second-order valence-corrected chi connectivity index (χ2v) is 31.4. The van der Waals surface area contributed by atoms with Gasteiger partial charge < -0.3 is 33.8 Å². The Balaban J connectivity index is 5.13. The Kier molecular flexibility index (Phi) is 64.3. The maximum absolute atomic E-state index is 13.1. The Hall–Kier alpha value is -1.94. The van der Waals surface area contributed by atoms with Gasteiger partial charge in [-0.2, -0.15) is 0 Å². The van der Waals surface area contributed by atoms with E-state index < -0.39 is 97.5 Å². The first-order chi connectivity index (χ1) is 45.2. The summed E-state index contributed by atoms with van der Waals surface area (Å²) in [7, 11) is -9.90. The molecule has 19 heteroatoms. The van der Waals surface area contributed by atoms with E-state index in [9.17, 15) is 43.2 Å². The second kappa shape index (κ2) is 65.7. The molecule has 0 aliphatic rings. The maximum Gasteiger partial charge on any atom is 0.472 e. The zero-order valence-corrected chi connectivity index (χ0v) is 63.2. The van der Waals surface area contributed by atoms with Crippen molar-refractivity contribution in [3.8, 4) is 0 Å². The first-order valence-electron chi connectivity index (χ1n) is 38.8. The van der Waals surface area contributed by atoms with Gasteiger partial charge in [0.25, 0.3) is 0 Å². The van der Waals surface area contributed by atoms with Gasteiger partial charge in [-0.1, -0.05) is 331 Å².